The van der Waals surface area contributed by atoms with Gasteiger partial charge in [-0.3, -0.25) is 0 Å². The Hall–Kier alpha value is -8.00. The first-order valence-electron chi connectivity index (χ1n) is 22.3. The van der Waals surface area contributed by atoms with E-state index in [2.05, 4.69) is 255 Å². The molecule has 0 N–H and O–H groups in total. The minimum absolute atomic E-state index is 0.0934. The van der Waals surface area contributed by atoms with Crippen LogP contribution in [-0.2, 0) is 5.41 Å². The van der Waals surface area contributed by atoms with Gasteiger partial charge in [0.1, 0.15) is 0 Å². The van der Waals surface area contributed by atoms with E-state index in [0.29, 0.717) is 0 Å². The van der Waals surface area contributed by atoms with Crippen LogP contribution in [0.25, 0.3) is 88.0 Å². The predicted octanol–water partition coefficient (Wildman–Crippen LogP) is 17.6. The summed E-state index contributed by atoms with van der Waals surface area (Å²) in [6, 6.07) is 87.2. The molecule has 11 aromatic carbocycles. The summed E-state index contributed by atoms with van der Waals surface area (Å²) >= 11 is 0. The summed E-state index contributed by atoms with van der Waals surface area (Å²) in [6.45, 7) is 4.72. The molecule has 0 aliphatic heterocycles. The third-order valence-corrected chi connectivity index (χ3v) is 13.7. The highest BCUT2D eigenvalue weighted by Crippen LogP contribution is 2.51. The van der Waals surface area contributed by atoms with Crippen LogP contribution in [0.4, 0.5) is 17.1 Å². The molecule has 0 atom stereocenters. The van der Waals surface area contributed by atoms with Crippen LogP contribution in [-0.4, -0.2) is 0 Å². The van der Waals surface area contributed by atoms with Crippen LogP contribution in [0.3, 0.4) is 0 Å². The Bertz CT molecular complexity index is 3560. The van der Waals surface area contributed by atoms with Crippen molar-refractivity contribution in [1.29, 1.82) is 0 Å². The molecule has 0 spiro atoms. The van der Waals surface area contributed by atoms with Crippen LogP contribution in [0.15, 0.2) is 237 Å². The fourth-order valence-corrected chi connectivity index (χ4v) is 10.3. The molecule has 1 heteroatoms. The van der Waals surface area contributed by atoms with Gasteiger partial charge in [-0.05, 0) is 136 Å². The third-order valence-electron chi connectivity index (χ3n) is 13.7. The van der Waals surface area contributed by atoms with E-state index in [1.807, 2.05) is 0 Å². The van der Waals surface area contributed by atoms with Gasteiger partial charge in [0.15, 0.2) is 0 Å². The second kappa shape index (κ2) is 15.1. The summed E-state index contributed by atoms with van der Waals surface area (Å²) in [5, 5.41) is 7.60. The first-order chi connectivity index (χ1) is 31.5. The maximum Gasteiger partial charge on any atom is 0.0540 e. The second-order valence-corrected chi connectivity index (χ2v) is 17.7. The molecule has 12 rings (SSSR count). The lowest BCUT2D eigenvalue weighted by atomic mass is 9.81. The lowest BCUT2D eigenvalue weighted by Crippen LogP contribution is -2.15. The molecular weight excluding hydrogens is 771 g/mol. The van der Waals surface area contributed by atoms with E-state index in [4.69, 9.17) is 0 Å². The molecule has 1 aliphatic rings. The Morgan fingerprint density at radius 2 is 0.797 bits per heavy atom. The summed E-state index contributed by atoms with van der Waals surface area (Å²) in [7, 11) is 0. The lowest BCUT2D eigenvalue weighted by molar-refractivity contribution is 0.660. The van der Waals surface area contributed by atoms with Crippen molar-refractivity contribution < 1.29 is 0 Å². The average Bonchev–Trinajstić information content (AvgIpc) is 3.59. The van der Waals surface area contributed by atoms with Gasteiger partial charge in [0.2, 0.25) is 0 Å². The Morgan fingerprint density at radius 3 is 1.56 bits per heavy atom. The molecule has 11 aromatic rings. The number of para-hydroxylation sites is 1. The quantitative estimate of drug-likeness (QED) is 0.145. The van der Waals surface area contributed by atoms with Gasteiger partial charge in [-0.1, -0.05) is 208 Å². The van der Waals surface area contributed by atoms with Crippen molar-refractivity contribution in [2.45, 2.75) is 19.3 Å². The van der Waals surface area contributed by atoms with Gasteiger partial charge in [0.25, 0.3) is 0 Å². The van der Waals surface area contributed by atoms with Gasteiger partial charge in [0, 0.05) is 22.4 Å². The minimum atomic E-state index is -0.0934. The number of nitrogens with zero attached hydrogens (tertiary/aromatic N) is 1. The Balaban J connectivity index is 0.943. The van der Waals surface area contributed by atoms with Crippen molar-refractivity contribution in [3.05, 3.63) is 248 Å². The van der Waals surface area contributed by atoms with Crippen molar-refractivity contribution in [3.63, 3.8) is 0 Å². The Morgan fingerprint density at radius 1 is 0.281 bits per heavy atom. The van der Waals surface area contributed by atoms with E-state index in [-0.39, 0.29) is 5.41 Å². The standard InChI is InChI=1S/C63H45N/c1-63(2)60-20-9-7-17-58(60)59-39-33-50(41-61(59)63)55-16-8-10-21-62(55)64(52-36-30-47(31-37-52)54-18-11-19-56-53-15-6-5-13-46(53)32-38-57(54)56)51-34-28-44(29-35-51)43-22-24-45(25-23-43)49-27-26-42-12-3-4-14-48(42)40-49/h3-41H,1-2H3. The van der Waals surface area contributed by atoms with Crippen molar-refractivity contribution in [3.8, 4) is 55.6 Å². The molecule has 0 fully saturated rings. The van der Waals surface area contributed by atoms with Crippen LogP contribution in [0.2, 0.25) is 0 Å². The molecule has 302 valence electrons. The van der Waals surface area contributed by atoms with Gasteiger partial charge >= 0.3 is 0 Å². The van der Waals surface area contributed by atoms with E-state index in [9.17, 15) is 0 Å². The average molecular weight is 816 g/mol. The second-order valence-electron chi connectivity index (χ2n) is 17.7. The van der Waals surface area contributed by atoms with Gasteiger partial charge in [-0.2, -0.15) is 0 Å². The molecule has 0 saturated carbocycles. The molecule has 1 aliphatic carbocycles. The largest absolute Gasteiger partial charge is 0.310 e. The first-order valence-corrected chi connectivity index (χ1v) is 22.3. The topological polar surface area (TPSA) is 3.24 Å². The Labute approximate surface area is 375 Å². The van der Waals surface area contributed by atoms with Gasteiger partial charge in [0.05, 0.1) is 5.69 Å². The van der Waals surface area contributed by atoms with Crippen molar-refractivity contribution in [2.75, 3.05) is 4.90 Å². The molecule has 0 amide bonds. The van der Waals surface area contributed by atoms with Crippen molar-refractivity contribution in [1.82, 2.24) is 0 Å². The lowest BCUT2D eigenvalue weighted by Gasteiger charge is -2.29. The smallest absolute Gasteiger partial charge is 0.0540 e. The molecule has 1 nitrogen and oxygen atoms in total. The van der Waals surface area contributed by atoms with Crippen LogP contribution in [0.1, 0.15) is 25.0 Å². The van der Waals surface area contributed by atoms with Gasteiger partial charge < -0.3 is 4.90 Å². The van der Waals surface area contributed by atoms with Gasteiger partial charge in [-0.15, -0.1) is 0 Å². The molecule has 0 radical (unpaired) electrons. The summed E-state index contributed by atoms with van der Waals surface area (Å²) in [6.07, 6.45) is 0. The van der Waals surface area contributed by atoms with E-state index >= 15 is 0 Å². The van der Waals surface area contributed by atoms with Crippen molar-refractivity contribution in [2.24, 2.45) is 0 Å². The van der Waals surface area contributed by atoms with Gasteiger partial charge in [-0.25, -0.2) is 0 Å². The summed E-state index contributed by atoms with van der Waals surface area (Å²) in [5.74, 6) is 0. The SMILES string of the molecule is CC1(C)c2ccccc2-c2ccc(-c3ccccc3N(c3ccc(-c4ccc(-c5ccc6ccccc6c5)cc4)cc3)c3ccc(-c4cccc5c4ccc4ccccc45)cc3)cc21. The molecule has 0 unspecified atom stereocenters. The van der Waals surface area contributed by atoms with Crippen LogP contribution < -0.4 is 4.90 Å². The summed E-state index contributed by atoms with van der Waals surface area (Å²) in [5.41, 5.74) is 18.3. The first kappa shape index (κ1) is 37.7. The molecular formula is C63H45N. The molecule has 64 heavy (non-hydrogen) atoms. The maximum atomic E-state index is 2.43. The highest BCUT2D eigenvalue weighted by molar-refractivity contribution is 6.12. The highest BCUT2D eigenvalue weighted by atomic mass is 15.1. The maximum absolute atomic E-state index is 2.43. The summed E-state index contributed by atoms with van der Waals surface area (Å²) in [4.78, 5) is 2.43. The summed E-state index contributed by atoms with van der Waals surface area (Å²) < 4.78 is 0. The van der Waals surface area contributed by atoms with E-state index in [1.165, 1.54) is 99.1 Å². The molecule has 0 heterocycles. The predicted molar refractivity (Wildman–Crippen MR) is 273 cm³/mol. The van der Waals surface area contributed by atoms with E-state index < -0.39 is 0 Å². The minimum Gasteiger partial charge on any atom is -0.310 e. The number of hydrogen-bond acceptors (Lipinski definition) is 1. The fourth-order valence-electron chi connectivity index (χ4n) is 10.3. The fraction of sp³-hybridized carbons (Fsp3) is 0.0476. The van der Waals surface area contributed by atoms with Crippen LogP contribution in [0.5, 0.6) is 0 Å². The highest BCUT2D eigenvalue weighted by Gasteiger charge is 2.35. The van der Waals surface area contributed by atoms with Crippen molar-refractivity contribution >= 4 is 49.4 Å². The van der Waals surface area contributed by atoms with E-state index in [0.717, 1.165) is 17.1 Å². The van der Waals surface area contributed by atoms with Crippen LogP contribution >= 0.6 is 0 Å². The monoisotopic (exact) mass is 815 g/mol. The Kier molecular flexibility index (Phi) is 8.91. The van der Waals surface area contributed by atoms with Crippen LogP contribution in [0, 0.1) is 0 Å². The zero-order valence-electron chi connectivity index (χ0n) is 36.0. The molecule has 0 aromatic heterocycles. The number of rotatable bonds is 7. The number of fused-ring (bicyclic) bond motifs is 7. The molecule has 0 bridgehead atoms. The number of anilines is 3. The zero-order chi connectivity index (χ0) is 42.8. The number of hydrogen-bond donors (Lipinski definition) is 0. The molecule has 0 saturated heterocycles. The zero-order valence-corrected chi connectivity index (χ0v) is 36.0. The van der Waals surface area contributed by atoms with E-state index in [1.54, 1.807) is 0 Å². The third kappa shape index (κ3) is 6.31. The number of benzene rings is 11. The normalized spacial score (nSPS) is 12.7.